The van der Waals surface area contributed by atoms with Crippen molar-refractivity contribution >= 4 is 18.0 Å². The molecule has 1 N–H and O–H groups in total. The number of hydrogen-bond acceptors (Lipinski definition) is 3. The maximum Gasteiger partial charge on any atom is 0.337 e. The number of rotatable bonds is 4. The van der Waals surface area contributed by atoms with E-state index >= 15 is 0 Å². The van der Waals surface area contributed by atoms with Crippen LogP contribution in [-0.2, 0) is 9.53 Å². The lowest BCUT2D eigenvalue weighted by Gasteiger charge is -2.03. The maximum absolute atomic E-state index is 11.3. The van der Waals surface area contributed by atoms with Gasteiger partial charge in [-0.15, -0.1) is 0 Å². The Morgan fingerprint density at radius 3 is 2.65 bits per heavy atom. The van der Waals surface area contributed by atoms with Crippen molar-refractivity contribution in [3.05, 3.63) is 41.0 Å². The summed E-state index contributed by atoms with van der Waals surface area (Å²) in [6, 6.07) is 5.13. The molecule has 4 heteroatoms. The molecule has 0 spiro atoms. The van der Waals surface area contributed by atoms with Crippen molar-refractivity contribution in [3.8, 4) is 0 Å². The SMILES string of the molecule is COC(=O)c1ccc(C=CCC(=O)O)c(C)c1. The van der Waals surface area contributed by atoms with E-state index in [1.807, 2.05) is 6.92 Å². The van der Waals surface area contributed by atoms with Crippen molar-refractivity contribution in [2.75, 3.05) is 7.11 Å². The van der Waals surface area contributed by atoms with E-state index in [2.05, 4.69) is 4.74 Å². The van der Waals surface area contributed by atoms with Gasteiger partial charge >= 0.3 is 11.9 Å². The molecule has 0 fully saturated rings. The van der Waals surface area contributed by atoms with E-state index in [9.17, 15) is 9.59 Å². The zero-order chi connectivity index (χ0) is 12.8. The summed E-state index contributed by atoms with van der Waals surface area (Å²) in [5.74, 6) is -1.25. The largest absolute Gasteiger partial charge is 0.481 e. The van der Waals surface area contributed by atoms with Gasteiger partial charge in [-0.25, -0.2) is 4.79 Å². The third-order valence-electron chi connectivity index (χ3n) is 2.28. The summed E-state index contributed by atoms with van der Waals surface area (Å²) >= 11 is 0. The lowest BCUT2D eigenvalue weighted by atomic mass is 10.0. The molecule has 4 nitrogen and oxygen atoms in total. The maximum atomic E-state index is 11.3. The van der Waals surface area contributed by atoms with Crippen molar-refractivity contribution in [1.82, 2.24) is 0 Å². The molecule has 90 valence electrons. The van der Waals surface area contributed by atoms with Crippen molar-refractivity contribution in [3.63, 3.8) is 0 Å². The molecule has 0 aromatic heterocycles. The number of carboxylic acids is 1. The van der Waals surface area contributed by atoms with Crippen molar-refractivity contribution in [2.24, 2.45) is 0 Å². The molecule has 17 heavy (non-hydrogen) atoms. The number of carbonyl (C=O) groups is 2. The first-order chi connectivity index (χ1) is 8.04. The number of aryl methyl sites for hydroxylation is 1. The molecule has 0 aliphatic heterocycles. The molecule has 0 radical (unpaired) electrons. The number of methoxy groups -OCH3 is 1. The van der Waals surface area contributed by atoms with E-state index < -0.39 is 5.97 Å². The van der Waals surface area contributed by atoms with Gasteiger partial charge < -0.3 is 9.84 Å². The number of carbonyl (C=O) groups excluding carboxylic acids is 1. The highest BCUT2D eigenvalue weighted by Gasteiger charge is 2.06. The van der Waals surface area contributed by atoms with Gasteiger partial charge in [0.15, 0.2) is 0 Å². The molecule has 1 rings (SSSR count). The molecule has 0 aliphatic carbocycles. The minimum atomic E-state index is -0.870. The van der Waals surface area contributed by atoms with E-state index in [0.717, 1.165) is 11.1 Å². The lowest BCUT2D eigenvalue weighted by Crippen LogP contribution is -2.01. The van der Waals surface area contributed by atoms with Crippen LogP contribution in [0.5, 0.6) is 0 Å². The molecule has 0 aliphatic rings. The summed E-state index contributed by atoms with van der Waals surface area (Å²) < 4.78 is 4.61. The van der Waals surface area contributed by atoms with Gasteiger partial charge in [-0.05, 0) is 30.2 Å². The van der Waals surface area contributed by atoms with Gasteiger partial charge in [0.1, 0.15) is 0 Å². The average Bonchev–Trinajstić information content (AvgIpc) is 2.29. The summed E-state index contributed by atoms with van der Waals surface area (Å²) in [5.41, 5.74) is 2.27. The van der Waals surface area contributed by atoms with Crippen LogP contribution in [0, 0.1) is 6.92 Å². The molecule has 1 aromatic carbocycles. The molecular weight excluding hydrogens is 220 g/mol. The number of carboxylic acid groups (broad SMARTS) is 1. The summed E-state index contributed by atoms with van der Waals surface area (Å²) in [7, 11) is 1.33. The topological polar surface area (TPSA) is 63.6 Å². The van der Waals surface area contributed by atoms with Gasteiger partial charge in [-0.3, -0.25) is 4.79 Å². The standard InChI is InChI=1S/C13H14O4/c1-9-8-11(13(16)17-2)7-6-10(9)4-3-5-12(14)15/h3-4,6-8H,5H2,1-2H3,(H,14,15). The molecule has 1 aromatic rings. The summed E-state index contributed by atoms with van der Waals surface area (Å²) in [5, 5.41) is 8.50. The summed E-state index contributed by atoms with van der Waals surface area (Å²) in [6.07, 6.45) is 3.28. The van der Waals surface area contributed by atoms with Gasteiger partial charge in [0.25, 0.3) is 0 Å². The molecule has 0 unspecified atom stereocenters. The van der Waals surface area contributed by atoms with Crippen LogP contribution in [0.2, 0.25) is 0 Å². The predicted octanol–water partition coefficient (Wildman–Crippen LogP) is 2.27. The van der Waals surface area contributed by atoms with E-state index in [0.29, 0.717) is 5.56 Å². The molecule has 0 saturated heterocycles. The molecule has 0 saturated carbocycles. The Kier molecular flexibility index (Phi) is 4.46. The Morgan fingerprint density at radius 2 is 2.12 bits per heavy atom. The van der Waals surface area contributed by atoms with E-state index in [1.54, 1.807) is 30.4 Å². The number of aliphatic carboxylic acids is 1. The second-order valence-corrected chi connectivity index (χ2v) is 3.56. The van der Waals surface area contributed by atoms with E-state index in [1.165, 1.54) is 7.11 Å². The first kappa shape index (κ1) is 13.0. The van der Waals surface area contributed by atoms with Gasteiger partial charge in [0.05, 0.1) is 19.1 Å². The highest BCUT2D eigenvalue weighted by atomic mass is 16.5. The Labute approximate surface area is 99.5 Å². The summed E-state index contributed by atoms with van der Waals surface area (Å²) in [6.45, 7) is 1.85. The second-order valence-electron chi connectivity index (χ2n) is 3.56. The highest BCUT2D eigenvalue weighted by Crippen LogP contribution is 2.13. The Balaban J connectivity index is 2.86. The normalized spacial score (nSPS) is 10.5. The number of hydrogen-bond donors (Lipinski definition) is 1. The van der Waals surface area contributed by atoms with Crippen molar-refractivity contribution in [2.45, 2.75) is 13.3 Å². The molecule has 0 atom stereocenters. The quantitative estimate of drug-likeness (QED) is 0.812. The monoisotopic (exact) mass is 234 g/mol. The third kappa shape index (κ3) is 3.75. The van der Waals surface area contributed by atoms with Gasteiger partial charge in [-0.2, -0.15) is 0 Å². The Hall–Kier alpha value is -2.10. The second kappa shape index (κ2) is 5.84. The molecule has 0 amide bonds. The zero-order valence-corrected chi connectivity index (χ0v) is 9.77. The smallest absolute Gasteiger partial charge is 0.337 e. The van der Waals surface area contributed by atoms with Gasteiger partial charge in [0.2, 0.25) is 0 Å². The van der Waals surface area contributed by atoms with Crippen LogP contribution in [0.1, 0.15) is 27.9 Å². The number of benzene rings is 1. The number of esters is 1. The van der Waals surface area contributed by atoms with Crippen molar-refractivity contribution in [1.29, 1.82) is 0 Å². The minimum Gasteiger partial charge on any atom is -0.481 e. The fraction of sp³-hybridized carbons (Fsp3) is 0.231. The predicted molar refractivity (Wildman–Crippen MR) is 63.8 cm³/mol. The zero-order valence-electron chi connectivity index (χ0n) is 9.77. The summed E-state index contributed by atoms with van der Waals surface area (Å²) in [4.78, 5) is 21.6. The number of ether oxygens (including phenoxy) is 1. The molecule has 0 heterocycles. The highest BCUT2D eigenvalue weighted by molar-refractivity contribution is 5.89. The van der Waals surface area contributed by atoms with E-state index in [4.69, 9.17) is 5.11 Å². The van der Waals surface area contributed by atoms with Gasteiger partial charge in [-0.1, -0.05) is 18.2 Å². The van der Waals surface area contributed by atoms with Crippen LogP contribution in [0.25, 0.3) is 6.08 Å². The van der Waals surface area contributed by atoms with Crippen LogP contribution in [0.3, 0.4) is 0 Å². The average molecular weight is 234 g/mol. The van der Waals surface area contributed by atoms with Crippen LogP contribution in [0.4, 0.5) is 0 Å². The van der Waals surface area contributed by atoms with Crippen LogP contribution >= 0.6 is 0 Å². The molecular formula is C13H14O4. The van der Waals surface area contributed by atoms with Crippen molar-refractivity contribution < 1.29 is 19.4 Å². The fourth-order valence-corrected chi connectivity index (χ4v) is 1.39. The molecule has 0 bridgehead atoms. The third-order valence-corrected chi connectivity index (χ3v) is 2.28. The first-order valence-electron chi connectivity index (χ1n) is 5.12. The Morgan fingerprint density at radius 1 is 1.41 bits per heavy atom. The van der Waals surface area contributed by atoms with Crippen LogP contribution in [-0.4, -0.2) is 24.2 Å². The van der Waals surface area contributed by atoms with Crippen LogP contribution < -0.4 is 0 Å². The first-order valence-corrected chi connectivity index (χ1v) is 5.12. The van der Waals surface area contributed by atoms with E-state index in [-0.39, 0.29) is 12.4 Å². The lowest BCUT2D eigenvalue weighted by molar-refractivity contribution is -0.135. The Bertz CT molecular complexity index is 460. The minimum absolute atomic E-state index is 0.0157. The van der Waals surface area contributed by atoms with Crippen LogP contribution in [0.15, 0.2) is 24.3 Å². The fourth-order valence-electron chi connectivity index (χ4n) is 1.39. The van der Waals surface area contributed by atoms with Gasteiger partial charge in [0, 0.05) is 0 Å².